The van der Waals surface area contributed by atoms with Gasteiger partial charge in [-0.3, -0.25) is 4.79 Å². The molecule has 1 saturated carbocycles. The molecule has 4 heteroatoms. The van der Waals surface area contributed by atoms with Crippen molar-refractivity contribution in [3.05, 3.63) is 29.8 Å². The van der Waals surface area contributed by atoms with Gasteiger partial charge in [-0.25, -0.2) is 0 Å². The Morgan fingerprint density at radius 2 is 2.17 bits per heavy atom. The molecule has 2 N–H and O–H groups in total. The minimum Gasteiger partial charge on any atom is -0.496 e. The molecule has 0 bridgehead atoms. The fourth-order valence-corrected chi connectivity index (χ4v) is 2.31. The van der Waals surface area contributed by atoms with Crippen LogP contribution in [0.15, 0.2) is 24.3 Å². The summed E-state index contributed by atoms with van der Waals surface area (Å²) in [6, 6.07) is 7.44. The minimum absolute atomic E-state index is 0.0187. The van der Waals surface area contributed by atoms with Gasteiger partial charge >= 0.3 is 0 Å². The van der Waals surface area contributed by atoms with Gasteiger partial charge in [-0.1, -0.05) is 12.1 Å². The smallest absolute Gasteiger partial charge is 0.257 e. The Morgan fingerprint density at radius 3 is 2.72 bits per heavy atom. The zero-order valence-corrected chi connectivity index (χ0v) is 10.9. The monoisotopic (exact) mass is 248 g/mol. The van der Waals surface area contributed by atoms with E-state index in [4.69, 9.17) is 10.5 Å². The van der Waals surface area contributed by atoms with E-state index in [1.54, 1.807) is 24.1 Å². The number of hydrogen-bond donors (Lipinski definition) is 1. The molecular weight excluding hydrogens is 228 g/mol. The first-order valence-electron chi connectivity index (χ1n) is 6.29. The summed E-state index contributed by atoms with van der Waals surface area (Å²) in [5.74, 6) is 1.16. The average Bonchev–Trinajstić information content (AvgIpc) is 3.23. The lowest BCUT2D eigenvalue weighted by molar-refractivity contribution is 0.0715. The Balaban J connectivity index is 2.19. The molecule has 1 aliphatic rings. The van der Waals surface area contributed by atoms with E-state index in [0.29, 0.717) is 23.8 Å². The summed E-state index contributed by atoms with van der Waals surface area (Å²) >= 11 is 0. The van der Waals surface area contributed by atoms with Gasteiger partial charge in [0.25, 0.3) is 5.91 Å². The first kappa shape index (κ1) is 12.9. The van der Waals surface area contributed by atoms with Gasteiger partial charge in [-0.15, -0.1) is 0 Å². The number of methoxy groups -OCH3 is 1. The number of amides is 1. The molecule has 2 rings (SSSR count). The van der Waals surface area contributed by atoms with Crippen LogP contribution in [0.4, 0.5) is 0 Å². The highest BCUT2D eigenvalue weighted by atomic mass is 16.5. The Labute approximate surface area is 108 Å². The van der Waals surface area contributed by atoms with Crippen molar-refractivity contribution in [1.29, 1.82) is 0 Å². The Bertz CT molecular complexity index is 430. The van der Waals surface area contributed by atoms with E-state index in [0.717, 1.165) is 0 Å². The maximum Gasteiger partial charge on any atom is 0.257 e. The molecule has 0 radical (unpaired) electrons. The van der Waals surface area contributed by atoms with Crippen LogP contribution in [0, 0.1) is 5.92 Å². The summed E-state index contributed by atoms with van der Waals surface area (Å²) in [4.78, 5) is 14.2. The quantitative estimate of drug-likeness (QED) is 0.859. The van der Waals surface area contributed by atoms with Gasteiger partial charge in [-0.2, -0.15) is 0 Å². The second-order valence-electron chi connectivity index (χ2n) is 4.76. The molecule has 1 amide bonds. The maximum absolute atomic E-state index is 12.4. The molecule has 1 fully saturated rings. The first-order chi connectivity index (χ1) is 8.69. The first-order valence-corrected chi connectivity index (χ1v) is 6.29. The third-order valence-electron chi connectivity index (χ3n) is 3.56. The number of nitrogens with zero attached hydrogens (tertiary/aromatic N) is 1. The van der Waals surface area contributed by atoms with Crippen molar-refractivity contribution in [2.45, 2.75) is 18.9 Å². The highest BCUT2D eigenvalue weighted by molar-refractivity contribution is 5.97. The average molecular weight is 248 g/mol. The summed E-state index contributed by atoms with van der Waals surface area (Å²) in [5.41, 5.74) is 6.37. The molecule has 1 aromatic rings. The molecule has 1 unspecified atom stereocenters. The number of carbonyl (C=O) groups excluding carboxylic acids is 1. The number of benzene rings is 1. The Morgan fingerprint density at radius 1 is 1.50 bits per heavy atom. The summed E-state index contributed by atoms with van der Waals surface area (Å²) in [6.07, 6.45) is 2.34. The van der Waals surface area contributed by atoms with E-state index >= 15 is 0 Å². The van der Waals surface area contributed by atoms with Gasteiger partial charge in [0.2, 0.25) is 0 Å². The number of ether oxygens (including phenoxy) is 1. The SMILES string of the molecule is COc1ccccc1C(=O)N(C)C(CN)C1CC1. The Kier molecular flexibility index (Phi) is 3.87. The van der Waals surface area contributed by atoms with Gasteiger partial charge in [0.15, 0.2) is 0 Å². The van der Waals surface area contributed by atoms with Crippen LogP contribution in [-0.2, 0) is 0 Å². The summed E-state index contributed by atoms with van der Waals surface area (Å²) < 4.78 is 5.23. The molecule has 18 heavy (non-hydrogen) atoms. The van der Waals surface area contributed by atoms with Crippen molar-refractivity contribution in [3.63, 3.8) is 0 Å². The number of nitrogens with two attached hydrogens (primary N) is 1. The standard InChI is InChI=1S/C14H20N2O2/c1-16(12(9-15)10-7-8-10)14(17)11-5-3-4-6-13(11)18-2/h3-6,10,12H,7-9,15H2,1-2H3. The predicted molar refractivity (Wildman–Crippen MR) is 70.7 cm³/mol. The molecule has 0 saturated heterocycles. The number of carbonyl (C=O) groups is 1. The van der Waals surface area contributed by atoms with E-state index < -0.39 is 0 Å². The summed E-state index contributed by atoms with van der Waals surface area (Å²) in [5, 5.41) is 0. The fraction of sp³-hybridized carbons (Fsp3) is 0.500. The molecule has 1 atom stereocenters. The van der Waals surface area contributed by atoms with Crippen molar-refractivity contribution < 1.29 is 9.53 Å². The van der Waals surface area contributed by atoms with E-state index in [9.17, 15) is 4.79 Å². The van der Waals surface area contributed by atoms with E-state index in [1.807, 2.05) is 19.2 Å². The second kappa shape index (κ2) is 5.40. The number of para-hydroxylation sites is 1. The van der Waals surface area contributed by atoms with Crippen LogP contribution in [-0.4, -0.2) is 37.6 Å². The van der Waals surface area contributed by atoms with Gasteiger partial charge in [0.05, 0.1) is 12.7 Å². The van der Waals surface area contributed by atoms with Gasteiger partial charge in [0, 0.05) is 19.6 Å². The van der Waals surface area contributed by atoms with Crippen molar-refractivity contribution in [3.8, 4) is 5.75 Å². The molecule has 1 aromatic carbocycles. The molecule has 98 valence electrons. The highest BCUT2D eigenvalue weighted by Gasteiger charge is 2.35. The van der Waals surface area contributed by atoms with Crippen molar-refractivity contribution >= 4 is 5.91 Å². The van der Waals surface area contributed by atoms with Crippen LogP contribution in [0.2, 0.25) is 0 Å². The van der Waals surface area contributed by atoms with Gasteiger partial charge in [0.1, 0.15) is 5.75 Å². The van der Waals surface area contributed by atoms with Crippen molar-refractivity contribution in [2.75, 3.05) is 20.7 Å². The third-order valence-corrected chi connectivity index (χ3v) is 3.56. The lowest BCUT2D eigenvalue weighted by atomic mass is 10.1. The highest BCUT2D eigenvalue weighted by Crippen LogP contribution is 2.35. The fourth-order valence-electron chi connectivity index (χ4n) is 2.31. The van der Waals surface area contributed by atoms with Crippen LogP contribution in [0.5, 0.6) is 5.75 Å². The third kappa shape index (κ3) is 2.48. The molecule has 1 aliphatic carbocycles. The zero-order valence-electron chi connectivity index (χ0n) is 10.9. The Hall–Kier alpha value is -1.55. The molecule has 0 spiro atoms. The lowest BCUT2D eigenvalue weighted by Crippen LogP contribution is -2.43. The van der Waals surface area contributed by atoms with Crippen LogP contribution in [0.1, 0.15) is 23.2 Å². The number of hydrogen-bond acceptors (Lipinski definition) is 3. The van der Waals surface area contributed by atoms with Crippen LogP contribution < -0.4 is 10.5 Å². The largest absolute Gasteiger partial charge is 0.496 e. The van der Waals surface area contributed by atoms with Crippen molar-refractivity contribution in [1.82, 2.24) is 4.90 Å². The second-order valence-corrected chi connectivity index (χ2v) is 4.76. The molecule has 0 aliphatic heterocycles. The minimum atomic E-state index is -0.0187. The van der Waals surface area contributed by atoms with Gasteiger partial charge < -0.3 is 15.4 Å². The molecule has 4 nitrogen and oxygen atoms in total. The normalized spacial score (nSPS) is 16.2. The van der Waals surface area contributed by atoms with E-state index in [-0.39, 0.29) is 11.9 Å². The zero-order chi connectivity index (χ0) is 13.1. The predicted octanol–water partition coefficient (Wildman–Crippen LogP) is 1.50. The van der Waals surface area contributed by atoms with E-state index in [2.05, 4.69) is 0 Å². The molecule has 0 heterocycles. The van der Waals surface area contributed by atoms with Crippen LogP contribution in [0.25, 0.3) is 0 Å². The number of rotatable bonds is 5. The molecular formula is C14H20N2O2. The van der Waals surface area contributed by atoms with Crippen LogP contribution in [0.3, 0.4) is 0 Å². The van der Waals surface area contributed by atoms with Crippen molar-refractivity contribution in [2.24, 2.45) is 11.7 Å². The van der Waals surface area contributed by atoms with E-state index in [1.165, 1.54) is 12.8 Å². The number of likely N-dealkylation sites (N-methyl/N-ethyl adjacent to an activating group) is 1. The molecule has 0 aromatic heterocycles. The lowest BCUT2D eigenvalue weighted by Gasteiger charge is -2.27. The topological polar surface area (TPSA) is 55.6 Å². The maximum atomic E-state index is 12.4. The van der Waals surface area contributed by atoms with Crippen LogP contribution >= 0.6 is 0 Å². The van der Waals surface area contributed by atoms with Gasteiger partial charge in [-0.05, 0) is 30.9 Å². The summed E-state index contributed by atoms with van der Waals surface area (Å²) in [6.45, 7) is 0.516. The summed E-state index contributed by atoms with van der Waals surface area (Å²) in [7, 11) is 3.40.